The van der Waals surface area contributed by atoms with Crippen LogP contribution in [-0.4, -0.2) is 0 Å². The van der Waals surface area contributed by atoms with Gasteiger partial charge in [-0.15, -0.1) is 0 Å². The molecule has 270 valence electrons. The maximum atomic E-state index is 6.43. The highest BCUT2D eigenvalue weighted by atomic mass is 16.3. The second-order valence-electron chi connectivity index (χ2n) is 14.2. The first-order chi connectivity index (χ1) is 28.2. The quantitative estimate of drug-likeness (QED) is 0.147. The topological polar surface area (TPSA) is 19.6 Å². The lowest BCUT2D eigenvalue weighted by molar-refractivity contribution is 0.669. The zero-order chi connectivity index (χ0) is 38.0. The third kappa shape index (κ3) is 6.73. The molecule has 10 aromatic rings. The molecule has 0 aliphatic heterocycles. The van der Waals surface area contributed by atoms with Crippen LogP contribution < -0.4 is 9.80 Å². The maximum absolute atomic E-state index is 6.43. The summed E-state index contributed by atoms with van der Waals surface area (Å²) in [7, 11) is 0. The summed E-state index contributed by atoms with van der Waals surface area (Å²) in [6.07, 6.45) is 0. The van der Waals surface area contributed by atoms with Crippen LogP contribution in [0.5, 0.6) is 0 Å². The van der Waals surface area contributed by atoms with Gasteiger partial charge >= 0.3 is 0 Å². The number of para-hydroxylation sites is 2. The van der Waals surface area contributed by atoms with E-state index in [0.717, 1.165) is 67.2 Å². The van der Waals surface area contributed by atoms with E-state index in [1.807, 2.05) is 12.1 Å². The van der Waals surface area contributed by atoms with Crippen molar-refractivity contribution in [3.63, 3.8) is 0 Å². The molecule has 0 N–H and O–H groups in total. The first-order valence-electron chi connectivity index (χ1n) is 19.3. The highest BCUT2D eigenvalue weighted by Crippen LogP contribution is 2.45. The first kappa shape index (κ1) is 33.9. The summed E-state index contributed by atoms with van der Waals surface area (Å²) >= 11 is 0. The molecule has 3 nitrogen and oxygen atoms in total. The van der Waals surface area contributed by atoms with Gasteiger partial charge in [0.25, 0.3) is 0 Å². The van der Waals surface area contributed by atoms with Crippen LogP contribution >= 0.6 is 0 Å². The lowest BCUT2D eigenvalue weighted by atomic mass is 10.0. The largest absolute Gasteiger partial charge is 0.456 e. The molecule has 1 heterocycles. The highest BCUT2D eigenvalue weighted by molar-refractivity contribution is 6.06. The van der Waals surface area contributed by atoms with E-state index in [2.05, 4.69) is 228 Å². The normalized spacial score (nSPS) is 11.2. The lowest BCUT2D eigenvalue weighted by Gasteiger charge is -2.30. The molecule has 0 spiro atoms. The number of hydrogen-bond acceptors (Lipinski definition) is 3. The van der Waals surface area contributed by atoms with Crippen LogP contribution in [0.4, 0.5) is 34.1 Å². The fraction of sp³-hybridized carbons (Fsp3) is 0. The molecule has 0 fully saturated rings. The fourth-order valence-electron chi connectivity index (χ4n) is 7.84. The van der Waals surface area contributed by atoms with E-state index in [4.69, 9.17) is 4.42 Å². The van der Waals surface area contributed by atoms with Crippen molar-refractivity contribution in [2.24, 2.45) is 0 Å². The fourth-order valence-corrected chi connectivity index (χ4v) is 7.84. The van der Waals surface area contributed by atoms with Crippen LogP contribution in [0.25, 0.3) is 55.3 Å². The summed E-state index contributed by atoms with van der Waals surface area (Å²) in [5.41, 5.74) is 15.0. The molecule has 10 rings (SSSR count). The van der Waals surface area contributed by atoms with Crippen molar-refractivity contribution in [2.45, 2.75) is 0 Å². The van der Waals surface area contributed by atoms with Crippen molar-refractivity contribution in [3.05, 3.63) is 231 Å². The van der Waals surface area contributed by atoms with E-state index in [-0.39, 0.29) is 0 Å². The van der Waals surface area contributed by atoms with E-state index >= 15 is 0 Å². The zero-order valence-electron chi connectivity index (χ0n) is 31.2. The Morgan fingerprint density at radius 3 is 1.16 bits per heavy atom. The first-order valence-corrected chi connectivity index (χ1v) is 19.3. The zero-order valence-corrected chi connectivity index (χ0v) is 31.2. The summed E-state index contributed by atoms with van der Waals surface area (Å²) in [4.78, 5) is 4.70. The van der Waals surface area contributed by atoms with E-state index < -0.39 is 0 Å². The Morgan fingerprint density at radius 2 is 0.614 bits per heavy atom. The van der Waals surface area contributed by atoms with Crippen LogP contribution in [0.15, 0.2) is 235 Å². The summed E-state index contributed by atoms with van der Waals surface area (Å²) in [5, 5.41) is 2.22. The molecule has 0 unspecified atom stereocenters. The van der Waals surface area contributed by atoms with E-state index in [1.165, 1.54) is 22.3 Å². The Balaban J connectivity index is 1.18. The van der Waals surface area contributed by atoms with Crippen molar-refractivity contribution < 1.29 is 4.42 Å². The minimum Gasteiger partial charge on any atom is -0.456 e. The number of nitrogens with zero attached hydrogens (tertiary/aromatic N) is 2. The van der Waals surface area contributed by atoms with Crippen molar-refractivity contribution in [1.82, 2.24) is 0 Å². The number of benzene rings is 9. The third-order valence-corrected chi connectivity index (χ3v) is 10.6. The predicted molar refractivity (Wildman–Crippen MR) is 239 cm³/mol. The van der Waals surface area contributed by atoms with Gasteiger partial charge in [0.1, 0.15) is 11.2 Å². The molecule has 0 amide bonds. The van der Waals surface area contributed by atoms with Gasteiger partial charge in [-0.2, -0.15) is 0 Å². The summed E-state index contributed by atoms with van der Waals surface area (Å²) in [6, 6.07) is 81.8. The number of furan rings is 1. The molecule has 57 heavy (non-hydrogen) atoms. The Bertz CT molecular complexity index is 2840. The van der Waals surface area contributed by atoms with Gasteiger partial charge in [0.15, 0.2) is 0 Å². The van der Waals surface area contributed by atoms with Gasteiger partial charge < -0.3 is 14.2 Å². The highest BCUT2D eigenvalue weighted by Gasteiger charge is 2.21. The number of hydrogen-bond donors (Lipinski definition) is 0. The molecule has 0 aliphatic carbocycles. The summed E-state index contributed by atoms with van der Waals surface area (Å²) in [5.74, 6) is 0. The predicted octanol–water partition coefficient (Wildman–Crippen LogP) is 15.5. The second-order valence-corrected chi connectivity index (χ2v) is 14.2. The standard InChI is InChI=1S/C54H38N2O/c1-5-15-39(16-6-1)42-25-29-46(30-26-42)55(47-31-27-43(28-32-47)40-17-7-2-8-18-40)49-35-44(41-19-9-3-10-20-41)36-50(37-49)56(45-21-11-4-12-22-45)48-33-34-52-51-23-13-14-24-53(51)57-54(52)38-48/h1-38H. The Labute approximate surface area is 333 Å². The van der Waals surface area contributed by atoms with Gasteiger partial charge in [0, 0.05) is 51.0 Å². The van der Waals surface area contributed by atoms with E-state index in [9.17, 15) is 0 Å². The molecule has 0 bridgehead atoms. The Morgan fingerprint density at radius 1 is 0.228 bits per heavy atom. The minimum atomic E-state index is 0.854. The second kappa shape index (κ2) is 14.9. The molecular weight excluding hydrogens is 693 g/mol. The summed E-state index contributed by atoms with van der Waals surface area (Å²) in [6.45, 7) is 0. The molecule has 3 heteroatoms. The average molecular weight is 731 g/mol. The van der Waals surface area contributed by atoms with Crippen molar-refractivity contribution in [2.75, 3.05) is 9.80 Å². The van der Waals surface area contributed by atoms with Crippen molar-refractivity contribution >= 4 is 56.1 Å². The van der Waals surface area contributed by atoms with Crippen LogP contribution in [0, 0.1) is 0 Å². The summed E-state index contributed by atoms with van der Waals surface area (Å²) < 4.78 is 6.43. The van der Waals surface area contributed by atoms with Crippen LogP contribution in [-0.2, 0) is 0 Å². The molecule has 0 saturated heterocycles. The molecule has 0 saturated carbocycles. The Hall–Kier alpha value is -7.62. The molecule has 9 aromatic carbocycles. The van der Waals surface area contributed by atoms with Crippen LogP contribution in [0.1, 0.15) is 0 Å². The number of rotatable bonds is 9. The SMILES string of the molecule is c1ccc(-c2ccc(N(c3ccc(-c4ccccc4)cc3)c3cc(-c4ccccc4)cc(N(c4ccccc4)c4ccc5c(c4)oc4ccccc45)c3)cc2)cc1. The molecule has 0 radical (unpaired) electrons. The molecule has 1 aromatic heterocycles. The average Bonchev–Trinajstić information content (AvgIpc) is 3.66. The lowest BCUT2D eigenvalue weighted by Crippen LogP contribution is -2.13. The van der Waals surface area contributed by atoms with Crippen LogP contribution in [0.2, 0.25) is 0 Å². The number of fused-ring (bicyclic) bond motifs is 3. The monoisotopic (exact) mass is 730 g/mol. The number of anilines is 6. The Kier molecular flexibility index (Phi) is 8.86. The van der Waals surface area contributed by atoms with Gasteiger partial charge in [-0.3, -0.25) is 0 Å². The minimum absolute atomic E-state index is 0.854. The van der Waals surface area contributed by atoms with Gasteiger partial charge in [0.2, 0.25) is 0 Å². The molecular formula is C54H38N2O. The van der Waals surface area contributed by atoms with Gasteiger partial charge in [-0.25, -0.2) is 0 Å². The smallest absolute Gasteiger partial charge is 0.137 e. The van der Waals surface area contributed by atoms with E-state index in [0.29, 0.717) is 0 Å². The van der Waals surface area contributed by atoms with Crippen molar-refractivity contribution in [1.29, 1.82) is 0 Å². The van der Waals surface area contributed by atoms with Crippen molar-refractivity contribution in [3.8, 4) is 33.4 Å². The molecule has 0 atom stereocenters. The molecule has 0 aliphatic rings. The van der Waals surface area contributed by atoms with E-state index in [1.54, 1.807) is 0 Å². The van der Waals surface area contributed by atoms with Gasteiger partial charge in [0.05, 0.1) is 0 Å². The maximum Gasteiger partial charge on any atom is 0.137 e. The van der Waals surface area contributed by atoms with Gasteiger partial charge in [-0.1, -0.05) is 152 Å². The van der Waals surface area contributed by atoms with Crippen LogP contribution in [0.3, 0.4) is 0 Å². The third-order valence-electron chi connectivity index (χ3n) is 10.6. The van der Waals surface area contributed by atoms with Gasteiger partial charge in [-0.05, 0) is 106 Å².